The highest BCUT2D eigenvalue weighted by Crippen LogP contribution is 2.38. The van der Waals surface area contributed by atoms with Gasteiger partial charge in [0.05, 0.1) is 5.69 Å². The second-order valence-electron chi connectivity index (χ2n) is 14.8. The van der Waals surface area contributed by atoms with Gasteiger partial charge in [-0.1, -0.05) is 82.9 Å². The summed E-state index contributed by atoms with van der Waals surface area (Å²) in [6.45, 7) is 19.5. The molecular weight excluding hydrogens is 587 g/mol. The molecule has 46 heavy (non-hydrogen) atoms. The molecule has 0 aliphatic carbocycles. The number of benzene rings is 2. The summed E-state index contributed by atoms with van der Waals surface area (Å²) in [7, 11) is -1.17. The summed E-state index contributed by atoms with van der Waals surface area (Å²) in [5, 5.41) is 4.20. The van der Waals surface area contributed by atoms with Gasteiger partial charge in [0.2, 0.25) is 0 Å². The third-order valence-corrected chi connectivity index (χ3v) is 10.6. The van der Waals surface area contributed by atoms with Crippen LogP contribution in [-0.2, 0) is 23.4 Å². The summed E-state index contributed by atoms with van der Waals surface area (Å²) in [5.74, 6) is 0.365. The molecule has 2 aromatic heterocycles. The van der Waals surface area contributed by atoms with Gasteiger partial charge in [-0.3, -0.25) is 4.79 Å². The van der Waals surface area contributed by atoms with Crippen molar-refractivity contribution in [2.24, 2.45) is 0 Å². The van der Waals surface area contributed by atoms with E-state index < -0.39 is 8.07 Å². The Balaban J connectivity index is 1.35. The van der Waals surface area contributed by atoms with Crippen LogP contribution in [-0.4, -0.2) is 53.1 Å². The number of likely N-dealkylation sites (tertiary alicyclic amines) is 1. The van der Waals surface area contributed by atoms with Crippen LogP contribution in [0.4, 0.5) is 0 Å². The molecule has 2 aromatic carbocycles. The number of fused-ring (bicyclic) bond motifs is 1. The Morgan fingerprint density at radius 3 is 2.35 bits per heavy atom. The molecule has 0 radical (unpaired) electrons. The van der Waals surface area contributed by atoms with Crippen LogP contribution in [0.25, 0.3) is 22.3 Å². The van der Waals surface area contributed by atoms with E-state index in [0.717, 1.165) is 66.4 Å². The molecule has 0 spiro atoms. The molecule has 1 amide bonds. The highest BCUT2D eigenvalue weighted by atomic mass is 28.3. The van der Waals surface area contributed by atoms with Crippen LogP contribution in [0, 0.1) is 0 Å². The molecule has 1 aliphatic rings. The minimum absolute atomic E-state index is 0.0559. The van der Waals surface area contributed by atoms with Crippen molar-refractivity contribution in [2.45, 2.75) is 90.8 Å². The van der Waals surface area contributed by atoms with E-state index in [0.29, 0.717) is 24.8 Å². The number of aromatic nitrogens is 3. The van der Waals surface area contributed by atoms with E-state index in [1.165, 1.54) is 11.1 Å². The topological polar surface area (TPSA) is 72.3 Å². The van der Waals surface area contributed by atoms with E-state index in [1.54, 1.807) is 6.33 Å². The lowest BCUT2D eigenvalue weighted by Crippen LogP contribution is -2.28. The lowest BCUT2D eigenvalue weighted by Gasteiger charge is -2.31. The van der Waals surface area contributed by atoms with Gasteiger partial charge in [-0.05, 0) is 72.2 Å². The molecule has 0 unspecified atom stereocenters. The van der Waals surface area contributed by atoms with E-state index in [9.17, 15) is 4.79 Å². The van der Waals surface area contributed by atoms with Crippen molar-refractivity contribution in [2.75, 3.05) is 19.7 Å². The standard InChI is InChI=1S/C38H51N5O2Si/c1-8-19-42-20-17-29(18-21-42)33-25-43(27-45-22-23-46(5,6)7)36-34(33)35(40-26-41-36)30-11-9-28(10-12-30)24-39-37(44)31-13-15-32(16-14-31)38(2,3)4/h8-16,19,25-26,29H,17-18,20-24,27H2,1-7H3,(H,39,44). The van der Waals surface area contributed by atoms with Crippen molar-refractivity contribution in [3.05, 3.63) is 95.6 Å². The SMILES string of the molecule is CC=CN1CCC(c2cn(COCC[Si](C)(C)C)c3ncnc(-c4ccc(CNC(=O)c5ccc(C(C)(C)C)cc5)cc4)c23)CC1. The van der Waals surface area contributed by atoms with Crippen LogP contribution >= 0.6 is 0 Å². The second-order valence-corrected chi connectivity index (χ2v) is 20.4. The highest BCUT2D eigenvalue weighted by molar-refractivity contribution is 6.76. The summed E-state index contributed by atoms with van der Waals surface area (Å²) in [5.41, 5.74) is 7.22. The Hall–Kier alpha value is -3.75. The van der Waals surface area contributed by atoms with E-state index in [4.69, 9.17) is 14.7 Å². The number of amides is 1. The Kier molecular flexibility index (Phi) is 10.5. The molecule has 1 saturated heterocycles. The smallest absolute Gasteiger partial charge is 0.251 e. The first-order chi connectivity index (χ1) is 21.9. The molecule has 1 N–H and O–H groups in total. The summed E-state index contributed by atoms with van der Waals surface area (Å²) >= 11 is 0. The van der Waals surface area contributed by atoms with Gasteiger partial charge in [-0.25, -0.2) is 9.97 Å². The van der Waals surface area contributed by atoms with Gasteiger partial charge >= 0.3 is 0 Å². The average molecular weight is 638 g/mol. The van der Waals surface area contributed by atoms with Crippen LogP contribution in [0.5, 0.6) is 0 Å². The molecule has 3 heterocycles. The Labute approximate surface area is 276 Å². The van der Waals surface area contributed by atoms with Gasteiger partial charge in [0.15, 0.2) is 0 Å². The number of nitrogens with zero attached hydrogens (tertiary/aromatic N) is 4. The van der Waals surface area contributed by atoms with Crippen LogP contribution in [0.3, 0.4) is 0 Å². The van der Waals surface area contributed by atoms with E-state index in [1.807, 2.05) is 24.3 Å². The maximum Gasteiger partial charge on any atom is 0.251 e. The van der Waals surface area contributed by atoms with Crippen LogP contribution < -0.4 is 5.32 Å². The zero-order valence-electron chi connectivity index (χ0n) is 28.8. The lowest BCUT2D eigenvalue weighted by molar-refractivity contribution is 0.0897. The first kappa shape index (κ1) is 33.6. The third kappa shape index (κ3) is 8.33. The highest BCUT2D eigenvalue weighted by Gasteiger charge is 2.26. The maximum absolute atomic E-state index is 12.9. The Bertz CT molecular complexity index is 1640. The molecule has 5 rings (SSSR count). The summed E-state index contributed by atoms with van der Waals surface area (Å²) < 4.78 is 8.38. The monoisotopic (exact) mass is 637 g/mol. The number of carbonyl (C=O) groups is 1. The minimum Gasteiger partial charge on any atom is -0.378 e. The summed E-state index contributed by atoms with van der Waals surface area (Å²) in [6, 6.07) is 17.4. The van der Waals surface area contributed by atoms with Crippen LogP contribution in [0.1, 0.15) is 73.5 Å². The summed E-state index contributed by atoms with van der Waals surface area (Å²) in [6.07, 6.45) is 10.4. The first-order valence-electron chi connectivity index (χ1n) is 16.7. The van der Waals surface area contributed by atoms with Crippen molar-refractivity contribution in [3.63, 3.8) is 0 Å². The molecule has 7 nitrogen and oxygen atoms in total. The normalized spacial score (nSPS) is 14.8. The third-order valence-electron chi connectivity index (χ3n) is 8.93. The van der Waals surface area contributed by atoms with Gasteiger partial charge < -0.3 is 19.5 Å². The van der Waals surface area contributed by atoms with Gasteiger partial charge in [0.1, 0.15) is 18.7 Å². The molecule has 0 atom stereocenters. The van der Waals surface area contributed by atoms with Crippen LogP contribution in [0.15, 0.2) is 73.3 Å². The average Bonchev–Trinajstić information content (AvgIpc) is 3.41. The number of carbonyl (C=O) groups excluding carboxylic acids is 1. The number of hydrogen-bond acceptors (Lipinski definition) is 5. The molecule has 0 saturated carbocycles. The Morgan fingerprint density at radius 2 is 1.72 bits per heavy atom. The summed E-state index contributed by atoms with van der Waals surface area (Å²) in [4.78, 5) is 24.9. The van der Waals surface area contributed by atoms with E-state index >= 15 is 0 Å². The lowest BCUT2D eigenvalue weighted by atomic mass is 9.87. The quantitative estimate of drug-likeness (QED) is 0.132. The van der Waals surface area contributed by atoms with Gasteiger partial charge in [-0.2, -0.15) is 0 Å². The van der Waals surface area contributed by atoms with Crippen molar-refractivity contribution in [1.82, 2.24) is 24.8 Å². The van der Waals surface area contributed by atoms with Gasteiger partial charge in [0, 0.05) is 57.0 Å². The van der Waals surface area contributed by atoms with E-state index in [2.05, 4.69) is 105 Å². The molecule has 244 valence electrons. The van der Waals surface area contributed by atoms with Crippen molar-refractivity contribution in [3.8, 4) is 11.3 Å². The fourth-order valence-electron chi connectivity index (χ4n) is 6.08. The number of nitrogens with one attached hydrogen (secondary N) is 1. The fraction of sp³-hybridized carbons (Fsp3) is 0.447. The van der Waals surface area contributed by atoms with Crippen LogP contribution in [0.2, 0.25) is 25.7 Å². The number of piperidine rings is 1. The first-order valence-corrected chi connectivity index (χ1v) is 20.4. The Morgan fingerprint density at radius 1 is 1.02 bits per heavy atom. The molecule has 0 bridgehead atoms. The van der Waals surface area contributed by atoms with E-state index in [-0.39, 0.29) is 11.3 Å². The molecular formula is C38H51N5O2Si. The molecule has 1 fully saturated rings. The van der Waals surface area contributed by atoms with Crippen molar-refractivity contribution in [1.29, 1.82) is 0 Å². The number of allylic oxidation sites excluding steroid dienone is 1. The minimum atomic E-state index is -1.17. The predicted octanol–water partition coefficient (Wildman–Crippen LogP) is 8.35. The van der Waals surface area contributed by atoms with Gasteiger partial charge in [-0.15, -0.1) is 0 Å². The molecule has 4 aromatic rings. The zero-order chi connectivity index (χ0) is 32.9. The molecule has 8 heteroatoms. The number of hydrogen-bond donors (Lipinski definition) is 1. The van der Waals surface area contributed by atoms with Crippen molar-refractivity contribution >= 4 is 25.0 Å². The number of rotatable bonds is 11. The predicted molar refractivity (Wildman–Crippen MR) is 192 cm³/mol. The second kappa shape index (κ2) is 14.3. The number of ether oxygens (including phenoxy) is 1. The van der Waals surface area contributed by atoms with Crippen molar-refractivity contribution < 1.29 is 9.53 Å². The van der Waals surface area contributed by atoms with Gasteiger partial charge in [0.25, 0.3) is 5.91 Å². The zero-order valence-corrected chi connectivity index (χ0v) is 29.8. The largest absolute Gasteiger partial charge is 0.378 e. The maximum atomic E-state index is 12.9. The molecule has 1 aliphatic heterocycles. The fourth-order valence-corrected chi connectivity index (χ4v) is 6.84.